The standard InChI is InChI=1S/C24H19ClFN3O/c25-19-9-6-10-20(26)18(19)15-29-22-12-5-4-11-21(22)27-24(29)16-13-23(30)28(14-16)17-7-2-1-3-8-17/h1-12,16H,13-15H2/t16-/m1/s1. The fraction of sp³-hybridized carbons (Fsp3) is 0.167. The summed E-state index contributed by atoms with van der Waals surface area (Å²) in [6.45, 7) is 0.800. The molecule has 0 spiro atoms. The van der Waals surface area contributed by atoms with Crippen LogP contribution >= 0.6 is 11.6 Å². The second-order valence-electron chi connectivity index (χ2n) is 7.49. The Balaban J connectivity index is 1.57. The van der Waals surface area contributed by atoms with Crippen LogP contribution in [0.25, 0.3) is 11.0 Å². The summed E-state index contributed by atoms with van der Waals surface area (Å²) in [7, 11) is 0. The van der Waals surface area contributed by atoms with Crippen molar-refractivity contribution < 1.29 is 9.18 Å². The zero-order chi connectivity index (χ0) is 20.7. The summed E-state index contributed by atoms with van der Waals surface area (Å²) in [6, 6.07) is 22.1. The molecule has 0 bridgehead atoms. The van der Waals surface area contributed by atoms with E-state index in [0.29, 0.717) is 23.6 Å². The zero-order valence-corrected chi connectivity index (χ0v) is 16.9. The fourth-order valence-electron chi connectivity index (χ4n) is 4.15. The number of aromatic nitrogens is 2. The number of para-hydroxylation sites is 3. The van der Waals surface area contributed by atoms with E-state index >= 15 is 0 Å². The first-order chi connectivity index (χ1) is 14.6. The monoisotopic (exact) mass is 419 g/mol. The fourth-order valence-corrected chi connectivity index (χ4v) is 4.37. The van der Waals surface area contributed by atoms with Crippen LogP contribution in [0.15, 0.2) is 72.8 Å². The average Bonchev–Trinajstić information content (AvgIpc) is 3.32. The highest BCUT2D eigenvalue weighted by Gasteiger charge is 2.35. The van der Waals surface area contributed by atoms with Crippen molar-refractivity contribution in [2.24, 2.45) is 0 Å². The van der Waals surface area contributed by atoms with Crippen molar-refractivity contribution in [1.82, 2.24) is 9.55 Å². The molecule has 30 heavy (non-hydrogen) atoms. The van der Waals surface area contributed by atoms with Crippen LogP contribution in [-0.2, 0) is 11.3 Å². The smallest absolute Gasteiger partial charge is 0.227 e. The van der Waals surface area contributed by atoms with Crippen LogP contribution in [0.4, 0.5) is 10.1 Å². The van der Waals surface area contributed by atoms with Crippen molar-refractivity contribution in [3.63, 3.8) is 0 Å². The Bertz CT molecular complexity index is 1220. The summed E-state index contributed by atoms with van der Waals surface area (Å²) < 4.78 is 16.5. The molecule has 1 saturated heterocycles. The number of fused-ring (bicyclic) bond motifs is 1. The quantitative estimate of drug-likeness (QED) is 0.444. The van der Waals surface area contributed by atoms with Crippen LogP contribution in [0.1, 0.15) is 23.7 Å². The molecule has 4 aromatic rings. The number of hydrogen-bond acceptors (Lipinski definition) is 2. The van der Waals surface area contributed by atoms with Crippen LogP contribution in [-0.4, -0.2) is 22.0 Å². The summed E-state index contributed by atoms with van der Waals surface area (Å²) in [4.78, 5) is 19.4. The second kappa shape index (κ2) is 7.58. The third kappa shape index (κ3) is 3.25. The Kier molecular flexibility index (Phi) is 4.75. The van der Waals surface area contributed by atoms with Gasteiger partial charge in [0.25, 0.3) is 0 Å². The molecule has 1 aliphatic heterocycles. The summed E-state index contributed by atoms with van der Waals surface area (Å²) >= 11 is 6.30. The van der Waals surface area contributed by atoms with Gasteiger partial charge >= 0.3 is 0 Å². The van der Waals surface area contributed by atoms with Gasteiger partial charge in [-0.1, -0.05) is 48.0 Å². The second-order valence-corrected chi connectivity index (χ2v) is 7.89. The molecule has 6 heteroatoms. The number of carbonyl (C=O) groups is 1. The van der Waals surface area contributed by atoms with Crippen molar-refractivity contribution in [3.05, 3.63) is 95.0 Å². The number of anilines is 1. The molecule has 0 radical (unpaired) electrons. The van der Waals surface area contributed by atoms with Crippen LogP contribution in [0.3, 0.4) is 0 Å². The van der Waals surface area contributed by atoms with E-state index in [0.717, 1.165) is 22.5 Å². The molecule has 1 atom stereocenters. The van der Waals surface area contributed by atoms with Crippen LogP contribution in [0.2, 0.25) is 5.02 Å². The van der Waals surface area contributed by atoms with Gasteiger partial charge in [0.2, 0.25) is 5.91 Å². The minimum absolute atomic E-state index is 0.0636. The van der Waals surface area contributed by atoms with E-state index < -0.39 is 0 Å². The van der Waals surface area contributed by atoms with Gasteiger partial charge in [-0.25, -0.2) is 9.37 Å². The molecular weight excluding hydrogens is 401 g/mol. The number of hydrogen-bond donors (Lipinski definition) is 0. The van der Waals surface area contributed by atoms with E-state index in [9.17, 15) is 9.18 Å². The van der Waals surface area contributed by atoms with Gasteiger partial charge in [-0.15, -0.1) is 0 Å². The molecule has 4 nitrogen and oxygen atoms in total. The SMILES string of the molecule is O=C1C[C@@H](c2nc3ccccc3n2Cc2c(F)cccc2Cl)CN1c1ccccc1. The van der Waals surface area contributed by atoms with Crippen molar-refractivity contribution in [3.8, 4) is 0 Å². The Hall–Kier alpha value is -3.18. The predicted molar refractivity (Wildman–Crippen MR) is 116 cm³/mol. The number of benzene rings is 3. The van der Waals surface area contributed by atoms with E-state index in [-0.39, 0.29) is 24.2 Å². The van der Waals surface area contributed by atoms with Crippen molar-refractivity contribution >= 4 is 34.2 Å². The Morgan fingerprint density at radius 1 is 1.00 bits per heavy atom. The maximum Gasteiger partial charge on any atom is 0.227 e. The highest BCUT2D eigenvalue weighted by Crippen LogP contribution is 2.34. The molecule has 0 aliphatic carbocycles. The molecule has 0 N–H and O–H groups in total. The topological polar surface area (TPSA) is 38.1 Å². The van der Waals surface area contributed by atoms with Crippen molar-refractivity contribution in [1.29, 1.82) is 0 Å². The summed E-state index contributed by atoms with van der Waals surface area (Å²) in [5.74, 6) is 0.409. The van der Waals surface area contributed by atoms with Crippen molar-refractivity contribution in [2.75, 3.05) is 11.4 Å². The zero-order valence-electron chi connectivity index (χ0n) is 16.1. The number of amides is 1. The lowest BCUT2D eigenvalue weighted by Crippen LogP contribution is -2.24. The molecule has 0 saturated carbocycles. The molecule has 150 valence electrons. The molecule has 0 unspecified atom stereocenters. The number of rotatable bonds is 4. The lowest BCUT2D eigenvalue weighted by atomic mass is 10.1. The van der Waals surface area contributed by atoms with Crippen molar-refractivity contribution in [2.45, 2.75) is 18.9 Å². The van der Waals surface area contributed by atoms with E-state index in [4.69, 9.17) is 16.6 Å². The highest BCUT2D eigenvalue weighted by atomic mass is 35.5. The van der Waals surface area contributed by atoms with Gasteiger partial charge in [-0.05, 0) is 36.4 Å². The first-order valence-electron chi connectivity index (χ1n) is 9.85. The van der Waals surface area contributed by atoms with Crippen LogP contribution in [0.5, 0.6) is 0 Å². The summed E-state index contributed by atoms with van der Waals surface area (Å²) in [5.41, 5.74) is 3.03. The third-order valence-electron chi connectivity index (χ3n) is 5.62. The van der Waals surface area contributed by atoms with Gasteiger partial charge in [-0.3, -0.25) is 4.79 Å². The first-order valence-corrected chi connectivity index (χ1v) is 10.2. The Morgan fingerprint density at radius 3 is 2.57 bits per heavy atom. The molecule has 1 aromatic heterocycles. The molecule has 3 aromatic carbocycles. The van der Waals surface area contributed by atoms with Crippen LogP contribution in [0, 0.1) is 5.82 Å². The normalized spacial score (nSPS) is 16.5. The lowest BCUT2D eigenvalue weighted by Gasteiger charge is -2.18. The first kappa shape index (κ1) is 18.8. The van der Waals surface area contributed by atoms with Crippen LogP contribution < -0.4 is 4.90 Å². The van der Waals surface area contributed by atoms with Gasteiger partial charge < -0.3 is 9.47 Å². The summed E-state index contributed by atoms with van der Waals surface area (Å²) in [6.07, 6.45) is 0.364. The lowest BCUT2D eigenvalue weighted by molar-refractivity contribution is -0.117. The van der Waals surface area contributed by atoms with E-state index in [2.05, 4.69) is 0 Å². The third-order valence-corrected chi connectivity index (χ3v) is 5.97. The molecule has 1 fully saturated rings. The molecule has 1 amide bonds. The van der Waals surface area contributed by atoms with Gasteiger partial charge in [0.05, 0.1) is 17.6 Å². The van der Waals surface area contributed by atoms with E-state index in [1.165, 1.54) is 6.07 Å². The minimum atomic E-state index is -0.348. The van der Waals surface area contributed by atoms with Gasteiger partial charge in [0.1, 0.15) is 11.6 Å². The Labute approximate surface area is 178 Å². The average molecular weight is 420 g/mol. The molecule has 2 heterocycles. The predicted octanol–water partition coefficient (Wildman–Crippen LogP) is 5.40. The maximum atomic E-state index is 14.5. The van der Waals surface area contributed by atoms with Gasteiger partial charge in [0.15, 0.2) is 0 Å². The Morgan fingerprint density at radius 2 is 1.77 bits per heavy atom. The molecular formula is C24H19ClFN3O. The molecule has 5 rings (SSSR count). The van der Waals surface area contributed by atoms with Gasteiger partial charge in [0, 0.05) is 35.2 Å². The number of imidazole rings is 1. The molecule has 1 aliphatic rings. The number of nitrogens with zero attached hydrogens (tertiary/aromatic N) is 3. The summed E-state index contributed by atoms with van der Waals surface area (Å²) in [5, 5.41) is 0.382. The number of carbonyl (C=O) groups excluding carboxylic acids is 1. The number of halogens is 2. The highest BCUT2D eigenvalue weighted by molar-refractivity contribution is 6.31. The maximum absolute atomic E-state index is 14.5. The minimum Gasteiger partial charge on any atom is -0.323 e. The van der Waals surface area contributed by atoms with E-state index in [1.807, 2.05) is 59.2 Å². The van der Waals surface area contributed by atoms with Gasteiger partial charge in [-0.2, -0.15) is 0 Å². The largest absolute Gasteiger partial charge is 0.323 e. The van der Waals surface area contributed by atoms with E-state index in [1.54, 1.807) is 17.0 Å².